The van der Waals surface area contributed by atoms with Crippen molar-refractivity contribution < 1.29 is 17.9 Å². The molecular formula is C17H24ClNO4S. The molecule has 0 saturated carbocycles. The summed E-state index contributed by atoms with van der Waals surface area (Å²) in [6.07, 6.45) is 1.30. The van der Waals surface area contributed by atoms with Crippen LogP contribution in [0.2, 0.25) is 5.02 Å². The van der Waals surface area contributed by atoms with Crippen molar-refractivity contribution in [2.24, 2.45) is 0 Å². The van der Waals surface area contributed by atoms with Crippen LogP contribution in [0.15, 0.2) is 23.1 Å². The van der Waals surface area contributed by atoms with Crippen LogP contribution in [0.5, 0.6) is 0 Å². The number of rotatable bonds is 2. The molecule has 0 aromatic heterocycles. The molecule has 2 aliphatic heterocycles. The zero-order valence-electron chi connectivity index (χ0n) is 14.3. The summed E-state index contributed by atoms with van der Waals surface area (Å²) in [5, 5.41) is 0.267. The highest BCUT2D eigenvalue weighted by molar-refractivity contribution is 7.89. The maximum Gasteiger partial charge on any atom is 0.245 e. The first-order valence-electron chi connectivity index (χ1n) is 8.28. The highest BCUT2D eigenvalue weighted by Gasteiger charge is 2.46. The third kappa shape index (κ3) is 3.35. The van der Waals surface area contributed by atoms with Gasteiger partial charge in [-0.3, -0.25) is 0 Å². The highest BCUT2D eigenvalue weighted by Crippen LogP contribution is 2.37. The van der Waals surface area contributed by atoms with Gasteiger partial charge in [0, 0.05) is 32.5 Å². The second-order valence-electron chi connectivity index (χ2n) is 6.93. The minimum atomic E-state index is -3.67. The van der Waals surface area contributed by atoms with E-state index in [9.17, 15) is 8.42 Å². The minimum Gasteiger partial charge on any atom is -0.378 e. The second-order valence-corrected chi connectivity index (χ2v) is 9.21. The Morgan fingerprint density at radius 3 is 2.71 bits per heavy atom. The number of sulfonamides is 1. The number of ether oxygens (including phenoxy) is 2. The lowest BCUT2D eigenvalue weighted by molar-refractivity contribution is -0.184. The van der Waals surface area contributed by atoms with Gasteiger partial charge in [-0.05, 0) is 32.4 Å². The molecule has 134 valence electrons. The topological polar surface area (TPSA) is 55.8 Å². The van der Waals surface area contributed by atoms with Gasteiger partial charge in [0.2, 0.25) is 10.0 Å². The molecule has 1 aromatic carbocycles. The molecule has 0 bridgehead atoms. The van der Waals surface area contributed by atoms with Crippen molar-refractivity contribution in [3.63, 3.8) is 0 Å². The summed E-state index contributed by atoms with van der Waals surface area (Å²) in [6, 6.07) is 5.16. The van der Waals surface area contributed by atoms with E-state index in [2.05, 4.69) is 0 Å². The molecular weight excluding hydrogens is 350 g/mol. The molecule has 3 atom stereocenters. The summed E-state index contributed by atoms with van der Waals surface area (Å²) in [5.41, 5.74) is 0.188. The number of morpholine rings is 1. The molecule has 2 aliphatic rings. The van der Waals surface area contributed by atoms with Crippen molar-refractivity contribution in [2.75, 3.05) is 19.7 Å². The molecule has 2 fully saturated rings. The smallest absolute Gasteiger partial charge is 0.245 e. The Kier molecular flexibility index (Phi) is 4.97. The number of benzene rings is 1. The van der Waals surface area contributed by atoms with Gasteiger partial charge in [0.25, 0.3) is 0 Å². The van der Waals surface area contributed by atoms with Gasteiger partial charge in [0.05, 0.1) is 22.8 Å². The SMILES string of the molecule is Cc1cccc(Cl)c1S(=O)(=O)N1CC(C)OC2(CCOC(C)C2)C1. The van der Waals surface area contributed by atoms with E-state index >= 15 is 0 Å². The van der Waals surface area contributed by atoms with Gasteiger partial charge in [0.15, 0.2) is 0 Å². The molecule has 3 rings (SSSR count). The largest absolute Gasteiger partial charge is 0.378 e. The first-order valence-corrected chi connectivity index (χ1v) is 10.1. The molecule has 0 radical (unpaired) electrons. The third-order valence-corrected chi connectivity index (χ3v) is 7.20. The van der Waals surface area contributed by atoms with Gasteiger partial charge in [-0.2, -0.15) is 4.31 Å². The maximum atomic E-state index is 13.2. The lowest BCUT2D eigenvalue weighted by Gasteiger charge is -2.48. The molecule has 2 saturated heterocycles. The Labute approximate surface area is 148 Å². The lowest BCUT2D eigenvalue weighted by Crippen LogP contribution is -2.59. The number of aryl methyl sites for hydroxylation is 1. The molecule has 0 amide bonds. The lowest BCUT2D eigenvalue weighted by atomic mass is 9.89. The summed E-state index contributed by atoms with van der Waals surface area (Å²) in [7, 11) is -3.67. The fourth-order valence-corrected chi connectivity index (χ4v) is 6.18. The van der Waals surface area contributed by atoms with Crippen LogP contribution in [0.4, 0.5) is 0 Å². The highest BCUT2D eigenvalue weighted by atomic mass is 35.5. The van der Waals surface area contributed by atoms with Crippen molar-refractivity contribution >= 4 is 21.6 Å². The van der Waals surface area contributed by atoms with Crippen LogP contribution in [0.3, 0.4) is 0 Å². The summed E-state index contributed by atoms with van der Waals surface area (Å²) >= 11 is 6.21. The molecule has 3 unspecified atom stereocenters. The molecule has 1 aromatic rings. The molecule has 7 heteroatoms. The van der Waals surface area contributed by atoms with Gasteiger partial charge >= 0.3 is 0 Å². The summed E-state index contributed by atoms with van der Waals surface area (Å²) in [4.78, 5) is 0.205. The fraction of sp³-hybridized carbons (Fsp3) is 0.647. The average Bonchev–Trinajstić information content (AvgIpc) is 2.45. The first kappa shape index (κ1) is 18.1. The van der Waals surface area contributed by atoms with Gasteiger partial charge in [-0.15, -0.1) is 0 Å². The van der Waals surface area contributed by atoms with E-state index in [1.807, 2.05) is 13.8 Å². The molecule has 1 spiro atoms. The van der Waals surface area contributed by atoms with E-state index in [1.165, 1.54) is 4.31 Å². The van der Waals surface area contributed by atoms with E-state index in [0.717, 1.165) is 0 Å². The van der Waals surface area contributed by atoms with Crippen LogP contribution in [0.25, 0.3) is 0 Å². The predicted octanol–water partition coefficient (Wildman–Crippen LogP) is 3.00. The Morgan fingerprint density at radius 1 is 1.29 bits per heavy atom. The van der Waals surface area contributed by atoms with Crippen LogP contribution in [-0.2, 0) is 19.5 Å². The number of hydrogen-bond donors (Lipinski definition) is 0. The summed E-state index contributed by atoms with van der Waals surface area (Å²) in [6.45, 7) is 6.97. The monoisotopic (exact) mass is 373 g/mol. The van der Waals surface area contributed by atoms with E-state index in [4.69, 9.17) is 21.1 Å². The minimum absolute atomic E-state index is 0.0654. The van der Waals surface area contributed by atoms with Crippen molar-refractivity contribution in [1.29, 1.82) is 0 Å². The van der Waals surface area contributed by atoms with E-state index in [1.54, 1.807) is 25.1 Å². The summed E-state index contributed by atoms with van der Waals surface area (Å²) in [5.74, 6) is 0. The standard InChI is InChI=1S/C17H24ClNO4S/c1-12-5-4-6-15(18)16(12)24(20,21)19-10-14(3)23-17(11-19)7-8-22-13(2)9-17/h4-6,13-14H,7-11H2,1-3H3. The molecule has 5 nitrogen and oxygen atoms in total. The average molecular weight is 374 g/mol. The van der Waals surface area contributed by atoms with Gasteiger partial charge in [0.1, 0.15) is 4.90 Å². The number of nitrogens with zero attached hydrogens (tertiary/aromatic N) is 1. The van der Waals surface area contributed by atoms with Crippen LogP contribution in [0, 0.1) is 6.92 Å². The van der Waals surface area contributed by atoms with E-state index in [0.29, 0.717) is 38.1 Å². The quantitative estimate of drug-likeness (QED) is 0.799. The van der Waals surface area contributed by atoms with Crippen LogP contribution < -0.4 is 0 Å². The van der Waals surface area contributed by atoms with Gasteiger partial charge in [-0.1, -0.05) is 23.7 Å². The Balaban J connectivity index is 1.96. The Bertz CT molecular complexity index is 699. The zero-order chi connectivity index (χ0) is 17.5. The molecule has 2 heterocycles. The van der Waals surface area contributed by atoms with Crippen molar-refractivity contribution in [1.82, 2.24) is 4.31 Å². The van der Waals surface area contributed by atoms with Gasteiger partial charge < -0.3 is 9.47 Å². The van der Waals surface area contributed by atoms with Crippen LogP contribution >= 0.6 is 11.6 Å². The van der Waals surface area contributed by atoms with E-state index < -0.39 is 15.6 Å². The first-order chi connectivity index (χ1) is 11.2. The molecule has 0 aliphatic carbocycles. The third-order valence-electron chi connectivity index (χ3n) is 4.76. The predicted molar refractivity (Wildman–Crippen MR) is 92.9 cm³/mol. The fourth-order valence-electron chi connectivity index (χ4n) is 3.81. The van der Waals surface area contributed by atoms with Gasteiger partial charge in [-0.25, -0.2) is 8.42 Å². The van der Waals surface area contributed by atoms with Crippen LogP contribution in [0.1, 0.15) is 32.3 Å². The summed E-state index contributed by atoms with van der Waals surface area (Å²) < 4.78 is 39.8. The molecule has 0 N–H and O–H groups in total. The number of halogens is 1. The molecule has 24 heavy (non-hydrogen) atoms. The van der Waals surface area contributed by atoms with E-state index in [-0.39, 0.29) is 22.1 Å². The normalized spacial score (nSPS) is 32.2. The Morgan fingerprint density at radius 2 is 2.04 bits per heavy atom. The van der Waals surface area contributed by atoms with Crippen molar-refractivity contribution in [3.05, 3.63) is 28.8 Å². The van der Waals surface area contributed by atoms with Crippen LogP contribution in [-0.4, -0.2) is 50.2 Å². The Hall–Kier alpha value is -0.660. The maximum absolute atomic E-state index is 13.2. The number of hydrogen-bond acceptors (Lipinski definition) is 4. The zero-order valence-corrected chi connectivity index (χ0v) is 15.9. The van der Waals surface area contributed by atoms with Crippen molar-refractivity contribution in [2.45, 2.75) is 56.3 Å². The second kappa shape index (κ2) is 6.57. The van der Waals surface area contributed by atoms with Crippen molar-refractivity contribution in [3.8, 4) is 0 Å².